The number of hydrogen-bond acceptors (Lipinski definition) is 0. The molecule has 0 aromatic carbocycles. The Balaban J connectivity index is 3.54. The van der Waals surface area contributed by atoms with E-state index in [1.165, 1.54) is 11.3 Å². The molecule has 0 amide bonds. The van der Waals surface area contributed by atoms with Gasteiger partial charge in [0.1, 0.15) is 0 Å². The van der Waals surface area contributed by atoms with E-state index in [0.717, 1.165) is 0 Å². The van der Waals surface area contributed by atoms with Crippen LogP contribution in [0.5, 0.6) is 0 Å². The van der Waals surface area contributed by atoms with Crippen molar-refractivity contribution in [3.8, 4) is 0 Å². The van der Waals surface area contributed by atoms with E-state index in [4.69, 9.17) is 6.57 Å². The largest absolute Gasteiger partial charge is 0.326 e. The zero-order chi connectivity index (χ0) is 14.3. The zero-order valence-corrected chi connectivity index (χ0v) is 13.1. The van der Waals surface area contributed by atoms with Gasteiger partial charge in [0.05, 0.1) is 5.57 Å². The number of nitrogens with zero attached hydrogens (tertiary/aromatic N) is 2. The van der Waals surface area contributed by atoms with Crippen LogP contribution in [0, 0.1) is 17.4 Å². The van der Waals surface area contributed by atoms with Crippen LogP contribution in [-0.4, -0.2) is 22.9 Å². The fraction of sp³-hybridized carbons (Fsp3) is 0.750. The zero-order valence-electron chi connectivity index (χ0n) is 13.1. The van der Waals surface area contributed by atoms with E-state index in [0.29, 0.717) is 6.04 Å². The first-order valence-corrected chi connectivity index (χ1v) is 6.75. The lowest BCUT2D eigenvalue weighted by Gasteiger charge is -2.26. The highest BCUT2D eigenvalue weighted by Crippen LogP contribution is 2.42. The Bertz CT molecular complexity index is 431. The van der Waals surface area contributed by atoms with Gasteiger partial charge >= 0.3 is 6.04 Å². The second-order valence-corrected chi connectivity index (χ2v) is 7.49. The minimum Gasteiger partial charge on any atom is -0.297 e. The second-order valence-electron chi connectivity index (χ2n) is 7.49. The van der Waals surface area contributed by atoms with E-state index >= 15 is 0 Å². The molecule has 1 aliphatic rings. The highest BCUT2D eigenvalue weighted by atomic mass is 15.1. The maximum absolute atomic E-state index is 7.47. The minimum absolute atomic E-state index is 0.0397. The minimum atomic E-state index is -0.0957. The highest BCUT2D eigenvalue weighted by molar-refractivity contribution is 5.72. The summed E-state index contributed by atoms with van der Waals surface area (Å²) in [6, 6.07) is 0.310. The van der Waals surface area contributed by atoms with E-state index in [9.17, 15) is 0 Å². The molecule has 2 nitrogen and oxygen atoms in total. The molecule has 0 N–H and O–H groups in total. The van der Waals surface area contributed by atoms with Gasteiger partial charge in [-0.1, -0.05) is 41.5 Å². The van der Waals surface area contributed by atoms with Crippen LogP contribution in [0.2, 0.25) is 0 Å². The van der Waals surface area contributed by atoms with Crippen LogP contribution in [-0.2, 0) is 0 Å². The molecule has 0 aliphatic carbocycles. The monoisotopic (exact) mass is 247 g/mol. The Hall–Kier alpha value is -1.10. The van der Waals surface area contributed by atoms with Crippen molar-refractivity contribution in [3.63, 3.8) is 0 Å². The molecule has 0 fully saturated rings. The Morgan fingerprint density at radius 1 is 1.11 bits per heavy atom. The molecule has 18 heavy (non-hydrogen) atoms. The molecule has 1 aliphatic heterocycles. The molecular formula is C16H27N2+. The standard InChI is InChI=1S/C16H27N2/c1-11(2)18-10-12(17-9)13(15(3,4)5)14(18)16(6,7)8/h10-12H,1-8H3/q+1. The third kappa shape index (κ3) is 2.66. The maximum atomic E-state index is 7.47. The average molecular weight is 247 g/mol. The molecule has 1 rings (SSSR count). The fourth-order valence-electron chi connectivity index (χ4n) is 2.70. The SMILES string of the molecule is [C-]#[N+]C1C=[N+](C(C)C)C(C(C)(C)C)=C1C(C)(C)C. The summed E-state index contributed by atoms with van der Waals surface area (Å²) < 4.78 is 2.31. The van der Waals surface area contributed by atoms with E-state index < -0.39 is 0 Å². The van der Waals surface area contributed by atoms with E-state index in [-0.39, 0.29) is 16.9 Å². The topological polar surface area (TPSA) is 7.37 Å². The lowest BCUT2D eigenvalue weighted by molar-refractivity contribution is -0.515. The molecule has 0 saturated carbocycles. The predicted octanol–water partition coefficient (Wildman–Crippen LogP) is 4.13. The summed E-state index contributed by atoms with van der Waals surface area (Å²) in [7, 11) is 0. The smallest absolute Gasteiger partial charge is 0.297 e. The Labute approximate surface area is 112 Å². The van der Waals surface area contributed by atoms with Crippen LogP contribution in [0.4, 0.5) is 0 Å². The maximum Gasteiger partial charge on any atom is 0.326 e. The van der Waals surface area contributed by atoms with Gasteiger partial charge in [-0.2, -0.15) is 4.58 Å². The molecule has 1 heterocycles. The van der Waals surface area contributed by atoms with Crippen molar-refractivity contribution in [1.82, 2.24) is 0 Å². The van der Waals surface area contributed by atoms with Crippen LogP contribution in [0.3, 0.4) is 0 Å². The first-order chi connectivity index (χ1) is 8.00. The second kappa shape index (κ2) is 4.53. The predicted molar refractivity (Wildman–Crippen MR) is 77.8 cm³/mol. The van der Waals surface area contributed by atoms with Gasteiger partial charge in [0.15, 0.2) is 11.7 Å². The average Bonchev–Trinajstić information content (AvgIpc) is 2.55. The summed E-state index contributed by atoms with van der Waals surface area (Å²) >= 11 is 0. The molecule has 100 valence electrons. The summed E-state index contributed by atoms with van der Waals surface area (Å²) in [6.07, 6.45) is 2.11. The molecule has 1 unspecified atom stereocenters. The van der Waals surface area contributed by atoms with Gasteiger partial charge in [0, 0.05) is 5.41 Å². The number of rotatable bonds is 1. The van der Waals surface area contributed by atoms with Gasteiger partial charge in [0.25, 0.3) is 0 Å². The lowest BCUT2D eigenvalue weighted by atomic mass is 9.77. The molecule has 0 aromatic rings. The van der Waals surface area contributed by atoms with E-state index in [1.807, 2.05) is 0 Å². The van der Waals surface area contributed by atoms with Crippen molar-refractivity contribution in [3.05, 3.63) is 22.7 Å². The number of allylic oxidation sites excluding steroid dienone is 1. The lowest BCUT2D eigenvalue weighted by Crippen LogP contribution is -2.28. The Kier molecular flexibility index (Phi) is 3.77. The molecule has 0 saturated heterocycles. The molecule has 0 bridgehead atoms. The van der Waals surface area contributed by atoms with Crippen LogP contribution in [0.25, 0.3) is 4.85 Å². The van der Waals surface area contributed by atoms with Gasteiger partial charge in [-0.25, -0.2) is 6.57 Å². The summed E-state index contributed by atoms with van der Waals surface area (Å²) in [4.78, 5) is 3.83. The van der Waals surface area contributed by atoms with Gasteiger partial charge in [0.2, 0.25) is 6.21 Å². The highest BCUT2D eigenvalue weighted by Gasteiger charge is 2.48. The first kappa shape index (κ1) is 15.0. The van der Waals surface area contributed by atoms with Crippen molar-refractivity contribution < 1.29 is 4.58 Å². The number of hydrogen-bond donors (Lipinski definition) is 0. The molecule has 0 radical (unpaired) electrons. The summed E-state index contributed by atoms with van der Waals surface area (Å²) in [5.74, 6) is 0. The Morgan fingerprint density at radius 3 is 1.89 bits per heavy atom. The fourth-order valence-corrected chi connectivity index (χ4v) is 2.70. The van der Waals surface area contributed by atoms with E-state index in [2.05, 4.69) is 71.0 Å². The van der Waals surface area contributed by atoms with Crippen molar-refractivity contribution >= 4 is 6.21 Å². The first-order valence-electron chi connectivity index (χ1n) is 6.75. The van der Waals surface area contributed by atoms with Crippen LogP contribution >= 0.6 is 0 Å². The van der Waals surface area contributed by atoms with Crippen molar-refractivity contribution in [1.29, 1.82) is 0 Å². The van der Waals surface area contributed by atoms with Gasteiger partial charge in [-0.15, -0.1) is 0 Å². The van der Waals surface area contributed by atoms with Crippen LogP contribution in [0.15, 0.2) is 11.3 Å². The molecule has 0 aromatic heterocycles. The van der Waals surface area contributed by atoms with Crippen LogP contribution in [0.1, 0.15) is 55.4 Å². The normalized spacial score (nSPS) is 21.3. The summed E-state index contributed by atoms with van der Waals surface area (Å²) in [6.45, 7) is 25.2. The van der Waals surface area contributed by atoms with Crippen molar-refractivity contribution in [2.75, 3.05) is 0 Å². The third-order valence-electron chi connectivity index (χ3n) is 3.32. The molecule has 1 atom stereocenters. The summed E-state index contributed by atoms with van der Waals surface area (Å²) in [5.41, 5.74) is 2.74. The summed E-state index contributed by atoms with van der Waals surface area (Å²) in [5, 5.41) is 0. The van der Waals surface area contributed by atoms with E-state index in [1.54, 1.807) is 0 Å². The molecular weight excluding hydrogens is 220 g/mol. The molecule has 2 heteroatoms. The van der Waals surface area contributed by atoms with Gasteiger partial charge in [-0.05, 0) is 19.3 Å². The van der Waals surface area contributed by atoms with Crippen molar-refractivity contribution in [2.45, 2.75) is 67.5 Å². The third-order valence-corrected chi connectivity index (χ3v) is 3.32. The van der Waals surface area contributed by atoms with Gasteiger partial charge < -0.3 is 0 Å². The Morgan fingerprint density at radius 2 is 1.61 bits per heavy atom. The molecule has 0 spiro atoms. The quantitative estimate of drug-likeness (QED) is 0.486. The van der Waals surface area contributed by atoms with Gasteiger partial charge in [-0.3, -0.25) is 4.85 Å². The van der Waals surface area contributed by atoms with Crippen LogP contribution < -0.4 is 0 Å². The van der Waals surface area contributed by atoms with Crippen molar-refractivity contribution in [2.24, 2.45) is 10.8 Å².